The number of halogens is 2. The first kappa shape index (κ1) is 17.3. The number of thioether (sulfide) groups is 1. The molecule has 0 saturated carbocycles. The number of rotatable bonds is 4. The molecule has 1 heterocycles. The largest absolute Gasteiger partial charge is 0.337 e. The fourth-order valence-corrected chi connectivity index (χ4v) is 3.04. The number of nitrogens with zero attached hydrogens (tertiary/aromatic N) is 1. The van der Waals surface area contributed by atoms with Crippen LogP contribution in [0.3, 0.4) is 0 Å². The second-order valence-electron chi connectivity index (χ2n) is 4.67. The second-order valence-corrected chi connectivity index (χ2v) is 5.81. The lowest BCUT2D eigenvalue weighted by molar-refractivity contribution is -0.133. The highest BCUT2D eigenvalue weighted by Gasteiger charge is 2.22. The summed E-state index contributed by atoms with van der Waals surface area (Å²) in [5.74, 6) is 0.574. The minimum atomic E-state index is -0.213. The van der Waals surface area contributed by atoms with Gasteiger partial charge in [0.15, 0.2) is 0 Å². The van der Waals surface area contributed by atoms with E-state index in [1.165, 1.54) is 17.8 Å². The van der Waals surface area contributed by atoms with Gasteiger partial charge in [-0.25, -0.2) is 4.39 Å². The van der Waals surface area contributed by atoms with Crippen molar-refractivity contribution >= 4 is 30.1 Å². The molecule has 1 saturated heterocycles. The van der Waals surface area contributed by atoms with Crippen molar-refractivity contribution in [2.45, 2.75) is 24.3 Å². The average Bonchev–Trinajstić information content (AvgIpc) is 2.41. The summed E-state index contributed by atoms with van der Waals surface area (Å²) in [5, 5.41) is 3.26. The molecule has 2 rings (SSSR count). The molecule has 1 fully saturated rings. The molecular formula is C14H20ClFN2OS. The predicted molar refractivity (Wildman–Crippen MR) is 83.0 cm³/mol. The Labute approximate surface area is 129 Å². The third kappa shape index (κ3) is 4.65. The Balaban J connectivity index is 0.00000200. The highest BCUT2D eigenvalue weighted by molar-refractivity contribution is 7.99. The summed E-state index contributed by atoms with van der Waals surface area (Å²) >= 11 is 1.40. The minimum absolute atomic E-state index is 0. The van der Waals surface area contributed by atoms with E-state index in [1.807, 2.05) is 17.9 Å². The van der Waals surface area contributed by atoms with Crippen LogP contribution in [0.4, 0.5) is 4.39 Å². The lowest BCUT2D eigenvalue weighted by Gasteiger charge is -2.34. The molecule has 1 atom stereocenters. The van der Waals surface area contributed by atoms with Gasteiger partial charge in [0.1, 0.15) is 5.82 Å². The zero-order valence-electron chi connectivity index (χ0n) is 11.5. The smallest absolute Gasteiger partial charge is 0.223 e. The monoisotopic (exact) mass is 318 g/mol. The Kier molecular flexibility index (Phi) is 7.34. The Bertz CT molecular complexity index is 447. The summed E-state index contributed by atoms with van der Waals surface area (Å²) in [4.78, 5) is 14.6. The van der Waals surface area contributed by atoms with E-state index < -0.39 is 0 Å². The van der Waals surface area contributed by atoms with Gasteiger partial charge in [-0.15, -0.1) is 24.2 Å². The molecule has 0 unspecified atom stereocenters. The van der Waals surface area contributed by atoms with Crippen molar-refractivity contribution in [3.05, 3.63) is 30.1 Å². The molecule has 1 aliphatic heterocycles. The number of nitrogens with one attached hydrogen (secondary N) is 1. The predicted octanol–water partition coefficient (Wildman–Crippen LogP) is 2.55. The summed E-state index contributed by atoms with van der Waals surface area (Å²) in [6.07, 6.45) is 0.462. The van der Waals surface area contributed by atoms with Crippen LogP contribution in [-0.2, 0) is 4.79 Å². The van der Waals surface area contributed by atoms with E-state index in [2.05, 4.69) is 5.32 Å². The number of carbonyl (C=O) groups is 1. The highest BCUT2D eigenvalue weighted by atomic mass is 35.5. The van der Waals surface area contributed by atoms with Crippen molar-refractivity contribution in [3.8, 4) is 0 Å². The van der Waals surface area contributed by atoms with Gasteiger partial charge < -0.3 is 10.2 Å². The van der Waals surface area contributed by atoms with Crippen molar-refractivity contribution in [1.29, 1.82) is 0 Å². The maximum atomic E-state index is 13.4. The van der Waals surface area contributed by atoms with Crippen LogP contribution in [0.2, 0.25) is 0 Å². The van der Waals surface area contributed by atoms with Crippen molar-refractivity contribution in [2.75, 3.05) is 25.4 Å². The zero-order valence-corrected chi connectivity index (χ0v) is 13.1. The fraction of sp³-hybridized carbons (Fsp3) is 0.500. The normalized spacial score (nSPS) is 18.5. The van der Waals surface area contributed by atoms with Gasteiger partial charge in [0.25, 0.3) is 0 Å². The Morgan fingerprint density at radius 2 is 2.25 bits per heavy atom. The van der Waals surface area contributed by atoms with Crippen molar-refractivity contribution < 1.29 is 9.18 Å². The van der Waals surface area contributed by atoms with Crippen molar-refractivity contribution in [2.24, 2.45) is 0 Å². The molecule has 1 aliphatic rings. The quantitative estimate of drug-likeness (QED) is 0.866. The molecule has 1 N–H and O–H groups in total. The zero-order chi connectivity index (χ0) is 13.7. The summed E-state index contributed by atoms with van der Waals surface area (Å²) in [7, 11) is 0. The summed E-state index contributed by atoms with van der Waals surface area (Å²) < 4.78 is 13.4. The maximum Gasteiger partial charge on any atom is 0.223 e. The number of benzene rings is 1. The van der Waals surface area contributed by atoms with E-state index in [9.17, 15) is 9.18 Å². The lowest BCUT2D eigenvalue weighted by atomic mass is 10.2. The first-order valence-corrected chi connectivity index (χ1v) is 7.54. The Hall–Kier alpha value is -0.780. The first-order valence-electron chi connectivity index (χ1n) is 6.56. The van der Waals surface area contributed by atoms with Crippen LogP contribution in [0.1, 0.15) is 13.3 Å². The number of hydrogen-bond acceptors (Lipinski definition) is 3. The van der Waals surface area contributed by atoms with E-state index >= 15 is 0 Å². The number of carbonyl (C=O) groups excluding carboxylic acids is 1. The number of piperazine rings is 1. The van der Waals surface area contributed by atoms with Crippen LogP contribution < -0.4 is 5.32 Å². The Morgan fingerprint density at radius 3 is 2.95 bits per heavy atom. The minimum Gasteiger partial charge on any atom is -0.337 e. The molecule has 20 heavy (non-hydrogen) atoms. The third-order valence-corrected chi connectivity index (χ3v) is 4.28. The van der Waals surface area contributed by atoms with Crippen LogP contribution in [0.5, 0.6) is 0 Å². The Morgan fingerprint density at radius 1 is 1.50 bits per heavy atom. The van der Waals surface area contributed by atoms with Gasteiger partial charge in [0, 0.05) is 42.7 Å². The van der Waals surface area contributed by atoms with E-state index in [0.717, 1.165) is 19.6 Å². The van der Waals surface area contributed by atoms with E-state index in [0.29, 0.717) is 17.1 Å². The molecule has 6 heteroatoms. The summed E-state index contributed by atoms with van der Waals surface area (Å²) in [5.41, 5.74) is 0. The third-order valence-electron chi connectivity index (χ3n) is 3.23. The van der Waals surface area contributed by atoms with Crippen LogP contribution in [0.15, 0.2) is 29.2 Å². The second kappa shape index (κ2) is 8.49. The summed E-state index contributed by atoms with van der Waals surface area (Å²) in [6, 6.07) is 6.93. The van der Waals surface area contributed by atoms with Gasteiger partial charge in [-0.05, 0) is 19.1 Å². The molecule has 0 bridgehead atoms. The van der Waals surface area contributed by atoms with E-state index in [-0.39, 0.29) is 30.2 Å². The molecule has 3 nitrogen and oxygen atoms in total. The number of amides is 1. The average molecular weight is 319 g/mol. The van der Waals surface area contributed by atoms with Crippen molar-refractivity contribution in [1.82, 2.24) is 10.2 Å². The van der Waals surface area contributed by atoms with Gasteiger partial charge in [-0.1, -0.05) is 12.1 Å². The van der Waals surface area contributed by atoms with Gasteiger partial charge in [0.05, 0.1) is 0 Å². The molecule has 112 valence electrons. The molecule has 0 aromatic heterocycles. The standard InChI is InChI=1S/C14H19FN2OS.ClH/c1-11-10-16-7-8-17(11)14(18)6-9-19-13-5-3-2-4-12(13)15;/h2-5,11,16H,6-10H2,1H3;1H/t11-;/m0./s1. The topological polar surface area (TPSA) is 32.3 Å². The molecule has 0 radical (unpaired) electrons. The molecule has 1 aromatic carbocycles. The number of hydrogen-bond donors (Lipinski definition) is 1. The SMILES string of the molecule is C[C@H]1CNCCN1C(=O)CCSc1ccccc1F.Cl. The molecular weight excluding hydrogens is 299 g/mol. The van der Waals surface area contributed by atoms with Crippen LogP contribution >= 0.6 is 24.2 Å². The van der Waals surface area contributed by atoms with Gasteiger partial charge in [-0.2, -0.15) is 0 Å². The molecule has 1 aromatic rings. The van der Waals surface area contributed by atoms with Gasteiger partial charge in [0.2, 0.25) is 5.91 Å². The van der Waals surface area contributed by atoms with Crippen LogP contribution in [0, 0.1) is 5.82 Å². The summed E-state index contributed by atoms with van der Waals surface area (Å²) in [6.45, 7) is 4.53. The van der Waals surface area contributed by atoms with E-state index in [4.69, 9.17) is 0 Å². The maximum absolute atomic E-state index is 13.4. The molecule has 1 amide bonds. The fourth-order valence-electron chi connectivity index (χ4n) is 2.17. The van der Waals surface area contributed by atoms with Crippen molar-refractivity contribution in [3.63, 3.8) is 0 Å². The van der Waals surface area contributed by atoms with Crippen LogP contribution in [-0.4, -0.2) is 42.2 Å². The highest BCUT2D eigenvalue weighted by Crippen LogP contribution is 2.22. The van der Waals surface area contributed by atoms with E-state index in [1.54, 1.807) is 12.1 Å². The van der Waals surface area contributed by atoms with Crippen LogP contribution in [0.25, 0.3) is 0 Å². The molecule has 0 aliphatic carbocycles. The molecule has 0 spiro atoms. The van der Waals surface area contributed by atoms with Gasteiger partial charge in [-0.3, -0.25) is 4.79 Å². The first-order chi connectivity index (χ1) is 9.18. The lowest BCUT2D eigenvalue weighted by Crippen LogP contribution is -2.52. The van der Waals surface area contributed by atoms with Gasteiger partial charge >= 0.3 is 0 Å².